The molecule has 0 aliphatic rings. The first-order chi connectivity index (χ1) is 8.90. The molecule has 6 heteroatoms. The molecule has 19 heavy (non-hydrogen) atoms. The smallest absolute Gasteiger partial charge is 0.310 e. The van der Waals surface area contributed by atoms with Gasteiger partial charge in [0, 0.05) is 0 Å². The third-order valence-corrected chi connectivity index (χ3v) is 2.96. The van der Waals surface area contributed by atoms with Gasteiger partial charge in [-0.2, -0.15) is 8.42 Å². The van der Waals surface area contributed by atoms with E-state index in [1.165, 1.54) is 0 Å². The van der Waals surface area contributed by atoms with Crippen LogP contribution < -0.4 is 0 Å². The van der Waals surface area contributed by atoms with Crippen molar-refractivity contribution in [2.45, 2.75) is 19.8 Å². The van der Waals surface area contributed by atoms with Gasteiger partial charge in [-0.3, -0.25) is 8.98 Å². The number of rotatable bonds is 7. The van der Waals surface area contributed by atoms with Gasteiger partial charge in [-0.05, 0) is 24.5 Å². The third-order valence-electron chi connectivity index (χ3n) is 2.36. The predicted molar refractivity (Wildman–Crippen MR) is 71.3 cm³/mol. The van der Waals surface area contributed by atoms with E-state index in [0.29, 0.717) is 13.0 Å². The van der Waals surface area contributed by atoms with Gasteiger partial charge >= 0.3 is 5.97 Å². The van der Waals surface area contributed by atoms with Crippen LogP contribution >= 0.6 is 0 Å². The Kier molecular flexibility index (Phi) is 5.98. The molecule has 0 aliphatic heterocycles. The minimum atomic E-state index is -3.39. The van der Waals surface area contributed by atoms with E-state index in [2.05, 4.69) is 4.18 Å². The second kappa shape index (κ2) is 7.25. The molecule has 5 nitrogen and oxygen atoms in total. The van der Waals surface area contributed by atoms with Gasteiger partial charge in [-0.25, -0.2) is 0 Å². The number of ether oxygens (including phenoxy) is 1. The first kappa shape index (κ1) is 15.7. The fourth-order valence-corrected chi connectivity index (χ4v) is 1.90. The van der Waals surface area contributed by atoms with Gasteiger partial charge in [0.1, 0.15) is 0 Å². The Hall–Kier alpha value is -1.40. The highest BCUT2D eigenvalue weighted by Gasteiger charge is 2.05. The lowest BCUT2D eigenvalue weighted by Crippen LogP contribution is -2.08. The standard InChI is InChI=1S/C13H18O5S/c1-3-17-13(14)10-12-6-4-11(5-7-12)8-9-18-19(2,15)16/h4-7H,3,8-10H2,1-2H3. The summed E-state index contributed by atoms with van der Waals surface area (Å²) < 4.78 is 31.1. The van der Waals surface area contributed by atoms with E-state index in [-0.39, 0.29) is 19.0 Å². The maximum Gasteiger partial charge on any atom is 0.310 e. The molecule has 0 radical (unpaired) electrons. The highest BCUT2D eigenvalue weighted by molar-refractivity contribution is 7.85. The van der Waals surface area contributed by atoms with Crippen LogP contribution in [0.3, 0.4) is 0 Å². The molecule has 0 saturated heterocycles. The van der Waals surface area contributed by atoms with Crippen LogP contribution in [0.25, 0.3) is 0 Å². The lowest BCUT2D eigenvalue weighted by molar-refractivity contribution is -0.142. The van der Waals surface area contributed by atoms with Crippen molar-refractivity contribution in [1.82, 2.24) is 0 Å². The van der Waals surface area contributed by atoms with Crippen molar-refractivity contribution in [2.75, 3.05) is 19.5 Å². The molecule has 0 fully saturated rings. The predicted octanol–water partition coefficient (Wildman–Crippen LogP) is 1.31. The maximum absolute atomic E-state index is 11.3. The molecule has 0 saturated carbocycles. The summed E-state index contributed by atoms with van der Waals surface area (Å²) in [5.41, 5.74) is 1.82. The number of esters is 1. The Balaban J connectivity index is 2.45. The molecule has 0 bridgehead atoms. The van der Waals surface area contributed by atoms with Crippen molar-refractivity contribution in [3.8, 4) is 0 Å². The second-order valence-corrected chi connectivity index (χ2v) is 5.72. The van der Waals surface area contributed by atoms with Gasteiger partial charge in [0.25, 0.3) is 10.1 Å². The number of carbonyl (C=O) groups excluding carboxylic acids is 1. The van der Waals surface area contributed by atoms with Gasteiger partial charge in [0.05, 0.1) is 25.9 Å². The van der Waals surface area contributed by atoms with E-state index in [0.717, 1.165) is 17.4 Å². The number of carbonyl (C=O) groups is 1. The van der Waals surface area contributed by atoms with Crippen molar-refractivity contribution in [3.05, 3.63) is 35.4 Å². The van der Waals surface area contributed by atoms with E-state index >= 15 is 0 Å². The fraction of sp³-hybridized carbons (Fsp3) is 0.462. The lowest BCUT2D eigenvalue weighted by atomic mass is 10.1. The molecular formula is C13H18O5S. The average molecular weight is 286 g/mol. The zero-order valence-electron chi connectivity index (χ0n) is 11.1. The van der Waals surface area contributed by atoms with Crippen LogP contribution in [0.15, 0.2) is 24.3 Å². The van der Waals surface area contributed by atoms with E-state index in [1.54, 1.807) is 6.92 Å². The van der Waals surface area contributed by atoms with Crippen LogP contribution in [0, 0.1) is 0 Å². The average Bonchev–Trinajstić information content (AvgIpc) is 2.30. The first-order valence-electron chi connectivity index (χ1n) is 5.98. The maximum atomic E-state index is 11.3. The molecule has 0 unspecified atom stereocenters. The summed E-state index contributed by atoms with van der Waals surface area (Å²) in [5.74, 6) is -0.254. The first-order valence-corrected chi connectivity index (χ1v) is 7.80. The Morgan fingerprint density at radius 1 is 1.16 bits per heavy atom. The second-order valence-electron chi connectivity index (χ2n) is 4.07. The molecule has 1 aromatic rings. The van der Waals surface area contributed by atoms with E-state index in [1.807, 2.05) is 24.3 Å². The van der Waals surface area contributed by atoms with Crippen molar-refractivity contribution in [1.29, 1.82) is 0 Å². The molecule has 0 aliphatic carbocycles. The quantitative estimate of drug-likeness (QED) is 0.558. The van der Waals surface area contributed by atoms with Crippen molar-refractivity contribution in [3.63, 3.8) is 0 Å². The van der Waals surface area contributed by atoms with Crippen molar-refractivity contribution >= 4 is 16.1 Å². The number of hydrogen-bond acceptors (Lipinski definition) is 5. The molecule has 0 atom stereocenters. The number of hydrogen-bond donors (Lipinski definition) is 0. The summed E-state index contributed by atoms with van der Waals surface area (Å²) >= 11 is 0. The molecule has 0 spiro atoms. The van der Waals surface area contributed by atoms with E-state index in [4.69, 9.17) is 4.74 Å². The Morgan fingerprint density at radius 2 is 1.74 bits per heavy atom. The molecule has 106 valence electrons. The SMILES string of the molecule is CCOC(=O)Cc1ccc(CCOS(C)(=O)=O)cc1. The van der Waals surface area contributed by atoms with Crippen LogP contribution in [0.5, 0.6) is 0 Å². The molecule has 1 aromatic carbocycles. The summed E-state index contributed by atoms with van der Waals surface area (Å²) in [5, 5.41) is 0. The van der Waals surface area contributed by atoms with Gasteiger partial charge in [0.15, 0.2) is 0 Å². The van der Waals surface area contributed by atoms with Crippen molar-refractivity contribution in [2.24, 2.45) is 0 Å². The van der Waals surface area contributed by atoms with Crippen LogP contribution in [-0.4, -0.2) is 33.9 Å². The zero-order chi connectivity index (χ0) is 14.3. The normalized spacial score (nSPS) is 11.3. The summed E-state index contributed by atoms with van der Waals surface area (Å²) in [6, 6.07) is 7.35. The minimum absolute atomic E-state index is 0.121. The minimum Gasteiger partial charge on any atom is -0.466 e. The van der Waals surface area contributed by atoms with Gasteiger partial charge in [0.2, 0.25) is 0 Å². The van der Waals surface area contributed by atoms with E-state index < -0.39 is 10.1 Å². The largest absolute Gasteiger partial charge is 0.466 e. The van der Waals surface area contributed by atoms with Crippen LogP contribution in [0.1, 0.15) is 18.1 Å². The molecular weight excluding hydrogens is 268 g/mol. The van der Waals surface area contributed by atoms with Gasteiger partial charge in [-0.1, -0.05) is 24.3 Å². The molecule has 0 heterocycles. The summed E-state index contributed by atoms with van der Waals surface area (Å²) in [7, 11) is -3.39. The third kappa shape index (κ3) is 6.93. The fourth-order valence-electron chi connectivity index (χ4n) is 1.51. The zero-order valence-corrected chi connectivity index (χ0v) is 11.9. The Morgan fingerprint density at radius 3 is 2.26 bits per heavy atom. The van der Waals surface area contributed by atoms with Crippen LogP contribution in [-0.2, 0) is 36.7 Å². The summed E-state index contributed by atoms with van der Waals surface area (Å²) in [4.78, 5) is 11.3. The molecule has 1 rings (SSSR count). The highest BCUT2D eigenvalue weighted by atomic mass is 32.2. The highest BCUT2D eigenvalue weighted by Crippen LogP contribution is 2.07. The van der Waals surface area contributed by atoms with Gasteiger partial charge in [-0.15, -0.1) is 0 Å². The van der Waals surface area contributed by atoms with E-state index in [9.17, 15) is 13.2 Å². The number of benzene rings is 1. The van der Waals surface area contributed by atoms with Crippen molar-refractivity contribution < 1.29 is 22.1 Å². The molecule has 0 aromatic heterocycles. The van der Waals surface area contributed by atoms with Gasteiger partial charge < -0.3 is 4.74 Å². The van der Waals surface area contributed by atoms with Crippen LogP contribution in [0.2, 0.25) is 0 Å². The summed E-state index contributed by atoms with van der Waals surface area (Å²) in [6.07, 6.45) is 1.77. The molecule has 0 amide bonds. The molecule has 0 N–H and O–H groups in total. The Labute approximate surface area is 113 Å². The summed E-state index contributed by atoms with van der Waals surface area (Å²) in [6.45, 7) is 2.26. The monoisotopic (exact) mass is 286 g/mol. The Bertz CT molecular complexity index is 504. The topological polar surface area (TPSA) is 69.7 Å². The lowest BCUT2D eigenvalue weighted by Gasteiger charge is -2.04. The van der Waals surface area contributed by atoms with Crippen LogP contribution in [0.4, 0.5) is 0 Å².